The van der Waals surface area contributed by atoms with Crippen molar-refractivity contribution in [2.24, 2.45) is 22.9 Å². The summed E-state index contributed by atoms with van der Waals surface area (Å²) in [6.45, 7) is 0. The van der Waals surface area contributed by atoms with Crippen LogP contribution in [0, 0.1) is 0 Å². The Hall–Kier alpha value is -3.64. The zero-order valence-corrected chi connectivity index (χ0v) is 14.4. The lowest BCUT2D eigenvalue weighted by Crippen LogP contribution is -2.59. The van der Waals surface area contributed by atoms with E-state index in [-0.39, 0.29) is 0 Å². The van der Waals surface area contributed by atoms with E-state index in [9.17, 15) is 39.0 Å². The Bertz CT molecular complexity index is 812. The lowest BCUT2D eigenvalue weighted by molar-refractivity contribution is -0.143. The molecule has 0 radical (unpaired) electrons. The maximum absolute atomic E-state index is 12.7. The van der Waals surface area contributed by atoms with Gasteiger partial charge < -0.3 is 33.1 Å². The summed E-state index contributed by atoms with van der Waals surface area (Å²) in [5.74, 6) is -8.95. The first-order valence-corrected chi connectivity index (χ1v) is 7.57. The third-order valence-electron chi connectivity index (χ3n) is 3.90. The number of Topliss-reactive ketones (excluding diaryl/α,β-unsaturated/α-hetero) is 2. The third-order valence-corrected chi connectivity index (χ3v) is 3.90. The van der Waals surface area contributed by atoms with Crippen molar-refractivity contribution in [3.05, 3.63) is 35.4 Å². The number of hydrogen-bond donors (Lipinski definition) is 6. The molecule has 1 aromatic rings. The average Bonchev–Trinajstić information content (AvgIpc) is 2.58. The number of aliphatic carboxylic acids is 2. The highest BCUT2D eigenvalue weighted by molar-refractivity contribution is 6.25. The molecule has 2 amide bonds. The van der Waals surface area contributed by atoms with Gasteiger partial charge >= 0.3 is 11.9 Å². The van der Waals surface area contributed by atoms with Crippen LogP contribution in [-0.2, 0) is 19.2 Å². The van der Waals surface area contributed by atoms with Gasteiger partial charge in [0.2, 0.25) is 11.8 Å². The predicted molar refractivity (Wildman–Crippen MR) is 91.8 cm³/mol. The number of carbonyl (C=O) groups excluding carboxylic acids is 4. The fourth-order valence-corrected chi connectivity index (χ4v) is 2.42. The topological polar surface area (TPSA) is 247 Å². The molecule has 10 N–H and O–H groups in total. The number of benzene rings is 1. The number of rotatable bonds is 10. The normalized spacial score (nSPS) is 14.9. The fraction of sp³-hybridized carbons (Fsp3) is 0.250. The van der Waals surface area contributed by atoms with Crippen molar-refractivity contribution in [2.75, 3.05) is 0 Å². The lowest BCUT2D eigenvalue weighted by Gasteiger charge is -2.25. The van der Waals surface area contributed by atoms with E-state index in [4.69, 9.17) is 22.9 Å². The summed E-state index contributed by atoms with van der Waals surface area (Å²) >= 11 is 0. The van der Waals surface area contributed by atoms with Crippen LogP contribution in [-0.4, -0.2) is 56.6 Å². The highest BCUT2D eigenvalue weighted by atomic mass is 16.4. The van der Waals surface area contributed by atoms with Crippen LogP contribution in [0.1, 0.15) is 33.6 Å². The summed E-state index contributed by atoms with van der Waals surface area (Å²) in [6.07, 6.45) is -2.17. The molecular weight excluding hydrogens is 376 g/mol. The van der Waals surface area contributed by atoms with Gasteiger partial charge in [0, 0.05) is 11.1 Å². The molecule has 2 atom stereocenters. The van der Waals surface area contributed by atoms with Crippen LogP contribution in [0.15, 0.2) is 24.3 Å². The molecule has 2 unspecified atom stereocenters. The molecule has 12 heteroatoms. The standard InChI is InChI=1S/C16H18N4O8/c17-9(21)5-15(19,13(25)26)11(23)7-3-1-2-4-8(7)12(24)16(20,14(27)28)6-10(18)22/h1-4H,5-6,19-20H2,(H2,17,21)(H2,18,22)(H,25,26)(H,27,28). The van der Waals surface area contributed by atoms with E-state index in [1.807, 2.05) is 0 Å². The lowest BCUT2D eigenvalue weighted by atomic mass is 9.80. The van der Waals surface area contributed by atoms with Gasteiger partial charge in [0.05, 0.1) is 12.8 Å². The van der Waals surface area contributed by atoms with Crippen LogP contribution in [0.4, 0.5) is 0 Å². The highest BCUT2D eigenvalue weighted by Crippen LogP contribution is 2.23. The second-order valence-corrected chi connectivity index (χ2v) is 6.04. The Labute approximate surface area is 157 Å². The first-order valence-electron chi connectivity index (χ1n) is 7.57. The van der Waals surface area contributed by atoms with Gasteiger partial charge in [-0.25, -0.2) is 9.59 Å². The Morgan fingerprint density at radius 2 is 1.00 bits per heavy atom. The number of primary amides is 2. The minimum Gasteiger partial charge on any atom is -0.480 e. The largest absolute Gasteiger partial charge is 0.480 e. The van der Waals surface area contributed by atoms with Gasteiger partial charge in [-0.2, -0.15) is 0 Å². The van der Waals surface area contributed by atoms with Gasteiger partial charge in [0.15, 0.2) is 22.6 Å². The molecule has 0 heterocycles. The van der Waals surface area contributed by atoms with Crippen molar-refractivity contribution in [2.45, 2.75) is 23.9 Å². The minimum absolute atomic E-state index is 0.612. The van der Waals surface area contributed by atoms with Crippen molar-refractivity contribution in [1.82, 2.24) is 0 Å². The maximum Gasteiger partial charge on any atom is 0.332 e. The van der Waals surface area contributed by atoms with Crippen LogP contribution >= 0.6 is 0 Å². The summed E-state index contributed by atoms with van der Waals surface area (Å²) in [5.41, 5.74) is 14.1. The van der Waals surface area contributed by atoms with Gasteiger partial charge in [0.25, 0.3) is 0 Å². The first-order chi connectivity index (χ1) is 12.8. The molecule has 0 bridgehead atoms. The molecule has 0 fully saturated rings. The van der Waals surface area contributed by atoms with E-state index < -0.39 is 70.4 Å². The van der Waals surface area contributed by atoms with Crippen LogP contribution < -0.4 is 22.9 Å². The number of nitrogens with two attached hydrogens (primary N) is 4. The Balaban J connectivity index is 3.60. The van der Waals surface area contributed by atoms with Crippen molar-refractivity contribution in [1.29, 1.82) is 0 Å². The monoisotopic (exact) mass is 394 g/mol. The molecule has 12 nitrogen and oxygen atoms in total. The zero-order valence-electron chi connectivity index (χ0n) is 14.4. The van der Waals surface area contributed by atoms with Crippen LogP contribution in [0.25, 0.3) is 0 Å². The van der Waals surface area contributed by atoms with E-state index >= 15 is 0 Å². The van der Waals surface area contributed by atoms with E-state index in [2.05, 4.69) is 0 Å². The Kier molecular flexibility index (Phi) is 6.35. The average molecular weight is 394 g/mol. The number of carbonyl (C=O) groups is 6. The number of amides is 2. The molecule has 0 saturated heterocycles. The molecule has 28 heavy (non-hydrogen) atoms. The van der Waals surface area contributed by atoms with Gasteiger partial charge in [-0.05, 0) is 0 Å². The van der Waals surface area contributed by atoms with Gasteiger partial charge in [-0.15, -0.1) is 0 Å². The predicted octanol–water partition coefficient (Wildman–Crippen LogP) is -2.63. The van der Waals surface area contributed by atoms with Gasteiger partial charge in [-0.1, -0.05) is 24.3 Å². The van der Waals surface area contributed by atoms with E-state index in [0.717, 1.165) is 12.1 Å². The van der Waals surface area contributed by atoms with Crippen molar-refractivity contribution in [3.63, 3.8) is 0 Å². The molecule has 0 saturated carbocycles. The fourth-order valence-electron chi connectivity index (χ4n) is 2.42. The third kappa shape index (κ3) is 4.19. The first kappa shape index (κ1) is 22.4. The van der Waals surface area contributed by atoms with Gasteiger partial charge in [-0.3, -0.25) is 19.2 Å². The second-order valence-electron chi connectivity index (χ2n) is 6.04. The van der Waals surface area contributed by atoms with Crippen molar-refractivity contribution >= 4 is 35.3 Å². The number of ketones is 2. The Morgan fingerprint density at radius 1 is 0.714 bits per heavy atom. The van der Waals surface area contributed by atoms with Gasteiger partial charge in [0.1, 0.15) is 0 Å². The Morgan fingerprint density at radius 3 is 1.21 bits per heavy atom. The summed E-state index contributed by atoms with van der Waals surface area (Å²) in [5, 5.41) is 18.6. The molecule has 0 aromatic heterocycles. The summed E-state index contributed by atoms with van der Waals surface area (Å²) in [4.78, 5) is 70.8. The van der Waals surface area contributed by atoms with Crippen LogP contribution in [0.3, 0.4) is 0 Å². The SMILES string of the molecule is NC(=O)CC(N)(C(=O)O)C(=O)c1ccccc1C(=O)C(N)(CC(N)=O)C(=O)O. The maximum atomic E-state index is 12.7. The minimum atomic E-state index is -2.81. The number of carboxylic acid groups (broad SMARTS) is 2. The molecule has 0 aliphatic rings. The molecule has 0 spiro atoms. The van der Waals surface area contributed by atoms with Crippen LogP contribution in [0.5, 0.6) is 0 Å². The molecular formula is C16H18N4O8. The molecule has 0 aliphatic carbocycles. The number of carboxylic acids is 2. The summed E-state index contributed by atoms with van der Waals surface area (Å²) < 4.78 is 0. The molecule has 1 aromatic carbocycles. The highest BCUT2D eigenvalue weighted by Gasteiger charge is 2.48. The smallest absolute Gasteiger partial charge is 0.332 e. The molecule has 150 valence electrons. The second kappa shape index (κ2) is 7.94. The molecule has 1 rings (SSSR count). The summed E-state index contributed by atoms with van der Waals surface area (Å²) in [6, 6.07) is 4.47. The van der Waals surface area contributed by atoms with Crippen LogP contribution in [0.2, 0.25) is 0 Å². The van der Waals surface area contributed by atoms with E-state index in [1.54, 1.807) is 0 Å². The zero-order chi connectivity index (χ0) is 21.9. The quantitative estimate of drug-likeness (QED) is 0.178. The molecule has 0 aliphatic heterocycles. The number of hydrogen-bond acceptors (Lipinski definition) is 8. The van der Waals surface area contributed by atoms with E-state index in [1.165, 1.54) is 12.1 Å². The summed E-state index contributed by atoms with van der Waals surface area (Å²) in [7, 11) is 0. The van der Waals surface area contributed by atoms with E-state index in [0.29, 0.717) is 0 Å². The van der Waals surface area contributed by atoms with Crippen molar-refractivity contribution < 1.29 is 39.0 Å². The van der Waals surface area contributed by atoms with Crippen molar-refractivity contribution in [3.8, 4) is 0 Å².